The highest BCUT2D eigenvalue weighted by molar-refractivity contribution is 8.76. The van der Waals surface area contributed by atoms with Crippen LogP contribution in [0.15, 0.2) is 24.3 Å². The van der Waals surface area contributed by atoms with Crippen LogP contribution in [0.2, 0.25) is 0 Å². The number of amides is 5. The number of carbonyl (C=O) groups excluding carboxylic acids is 5. The van der Waals surface area contributed by atoms with Crippen LogP contribution in [0.3, 0.4) is 0 Å². The molecule has 0 atom stereocenters. The molecule has 1 rings (SSSR count). The summed E-state index contributed by atoms with van der Waals surface area (Å²) >= 11 is 0. The van der Waals surface area contributed by atoms with Crippen LogP contribution in [0.4, 0.5) is 0 Å². The van der Waals surface area contributed by atoms with E-state index in [4.69, 9.17) is 18.9 Å². The average Bonchev–Trinajstić information content (AvgIpc) is 3.27. The van der Waals surface area contributed by atoms with Crippen LogP contribution in [0.5, 0.6) is 0 Å². The third-order valence-corrected chi connectivity index (χ3v) is 7.48. The first kappa shape index (κ1) is 36.6. The highest BCUT2D eigenvalue weighted by Gasteiger charge is 2.23. The quantitative estimate of drug-likeness (QED) is 0.0521. The lowest BCUT2D eigenvalue weighted by molar-refractivity contribution is -0.137. The van der Waals surface area contributed by atoms with Crippen molar-refractivity contribution in [1.29, 1.82) is 0 Å². The summed E-state index contributed by atoms with van der Waals surface area (Å²) in [6.07, 6.45) is 2.71. The van der Waals surface area contributed by atoms with Gasteiger partial charge in [-0.05, 0) is 6.92 Å². The van der Waals surface area contributed by atoms with Crippen LogP contribution in [0.1, 0.15) is 19.8 Å². The minimum Gasteiger partial charge on any atom is -0.379 e. The molecule has 0 radical (unpaired) electrons. The monoisotopic (exact) mass is 618 g/mol. The Balaban J connectivity index is 1.76. The zero-order valence-corrected chi connectivity index (χ0v) is 25.2. The Kier molecular flexibility index (Phi) is 21.6. The van der Waals surface area contributed by atoms with Crippen LogP contribution in [-0.4, -0.2) is 125 Å². The molecule has 0 saturated carbocycles. The minimum absolute atomic E-state index is 0.0455. The number of rotatable bonds is 26. The Labute approximate surface area is 249 Å². The van der Waals surface area contributed by atoms with Crippen molar-refractivity contribution in [1.82, 2.24) is 20.9 Å². The second kappa shape index (κ2) is 24.2. The minimum atomic E-state index is -0.403. The molecule has 0 aromatic heterocycles. The summed E-state index contributed by atoms with van der Waals surface area (Å²) in [4.78, 5) is 58.7. The molecule has 0 saturated heterocycles. The first-order valence-electron chi connectivity index (χ1n) is 13.4. The molecule has 0 fully saturated rings. The number of carbonyl (C=O) groups is 5. The lowest BCUT2D eigenvalue weighted by Crippen LogP contribution is -2.35. The fourth-order valence-corrected chi connectivity index (χ4v) is 4.75. The van der Waals surface area contributed by atoms with E-state index in [1.165, 1.54) is 12.2 Å². The van der Waals surface area contributed by atoms with Gasteiger partial charge in [0.05, 0.1) is 52.9 Å². The maximum absolute atomic E-state index is 11.8. The molecule has 232 valence electrons. The zero-order valence-electron chi connectivity index (χ0n) is 23.6. The van der Waals surface area contributed by atoms with Crippen molar-refractivity contribution in [2.24, 2.45) is 0 Å². The Hall–Kier alpha value is -2.43. The number of hydrogen-bond acceptors (Lipinski definition) is 11. The third kappa shape index (κ3) is 20.1. The Morgan fingerprint density at radius 3 is 1.73 bits per heavy atom. The molecule has 15 heteroatoms. The lowest BCUT2D eigenvalue weighted by atomic mass is 10.3. The maximum atomic E-state index is 11.8. The van der Waals surface area contributed by atoms with Gasteiger partial charge >= 0.3 is 0 Å². The van der Waals surface area contributed by atoms with Gasteiger partial charge in [-0.3, -0.25) is 28.9 Å². The fraction of sp³-hybridized carbons (Fsp3) is 0.654. The summed E-state index contributed by atoms with van der Waals surface area (Å²) in [6, 6.07) is 0. The van der Waals surface area contributed by atoms with E-state index in [2.05, 4.69) is 22.5 Å². The molecule has 13 nitrogen and oxygen atoms in total. The Morgan fingerprint density at radius 1 is 0.707 bits per heavy atom. The largest absolute Gasteiger partial charge is 0.379 e. The predicted octanol–water partition coefficient (Wildman–Crippen LogP) is 0.0641. The summed E-state index contributed by atoms with van der Waals surface area (Å²) in [5.74, 6) is 0.302. The molecule has 0 unspecified atom stereocenters. The summed E-state index contributed by atoms with van der Waals surface area (Å²) < 4.78 is 21.6. The number of hydrogen-bond donors (Lipinski definition) is 3. The number of nitrogens with zero attached hydrogens (tertiary/aromatic N) is 1. The summed E-state index contributed by atoms with van der Waals surface area (Å²) in [5, 5.41) is 8.27. The smallest absolute Gasteiger partial charge is 0.253 e. The first-order chi connectivity index (χ1) is 19.8. The fourth-order valence-electron chi connectivity index (χ4n) is 2.94. The maximum Gasteiger partial charge on any atom is 0.253 e. The number of ether oxygens (including phenoxy) is 4. The van der Waals surface area contributed by atoms with Crippen LogP contribution in [0, 0.1) is 0 Å². The highest BCUT2D eigenvalue weighted by Crippen LogP contribution is 2.19. The van der Waals surface area contributed by atoms with Crippen LogP contribution < -0.4 is 16.0 Å². The van der Waals surface area contributed by atoms with Gasteiger partial charge in [-0.2, -0.15) is 0 Å². The topological polar surface area (TPSA) is 162 Å². The molecule has 0 bridgehead atoms. The molecule has 1 heterocycles. The molecule has 41 heavy (non-hydrogen) atoms. The summed E-state index contributed by atoms with van der Waals surface area (Å²) in [5.41, 5.74) is 0.496. The van der Waals surface area contributed by atoms with Crippen molar-refractivity contribution in [3.8, 4) is 0 Å². The molecule has 3 N–H and O–H groups in total. The standard InChI is InChI=1S/C26H42N4O9S2/c1-21(2)26(35)29-9-20-41-40-19-8-28-23(32)6-11-36-13-15-38-17-18-39-16-14-37-12-7-27-22(31)5-10-30-24(33)3-4-25(30)34/h3-4H,1,5-20H2,2H3,(H,27,31)(H,28,32)(H,29,35). The second-order valence-corrected chi connectivity index (χ2v) is 11.2. The van der Waals surface area contributed by atoms with Crippen LogP contribution >= 0.6 is 21.6 Å². The highest BCUT2D eigenvalue weighted by atomic mass is 33.1. The van der Waals surface area contributed by atoms with Crippen molar-refractivity contribution in [2.75, 3.05) is 90.5 Å². The molecule has 1 aliphatic rings. The van der Waals surface area contributed by atoms with Gasteiger partial charge in [0.1, 0.15) is 0 Å². The molecule has 0 aromatic rings. The molecule has 5 amide bonds. The van der Waals surface area contributed by atoms with Gasteiger partial charge in [-0.15, -0.1) is 0 Å². The van der Waals surface area contributed by atoms with E-state index in [0.29, 0.717) is 78.1 Å². The van der Waals surface area contributed by atoms with Gasteiger partial charge in [0, 0.05) is 68.3 Å². The SMILES string of the molecule is C=C(C)C(=O)NCCSSCCNC(=O)CCOCCOCCOCCOCCNC(=O)CCN1C(=O)C=CC1=O. The third-order valence-electron chi connectivity index (χ3n) is 5.07. The van der Waals surface area contributed by atoms with Crippen LogP contribution in [0.25, 0.3) is 0 Å². The second-order valence-electron chi connectivity index (χ2n) is 8.49. The zero-order chi connectivity index (χ0) is 30.1. The van der Waals surface area contributed by atoms with Gasteiger partial charge in [0.25, 0.3) is 11.8 Å². The summed E-state index contributed by atoms with van der Waals surface area (Å²) in [6.45, 7) is 9.79. The molecule has 0 aliphatic carbocycles. The number of imide groups is 1. The molecular formula is C26H42N4O9S2. The predicted molar refractivity (Wildman–Crippen MR) is 157 cm³/mol. The van der Waals surface area contributed by atoms with Crippen LogP contribution in [-0.2, 0) is 42.9 Å². The first-order valence-corrected chi connectivity index (χ1v) is 15.9. The number of nitrogens with one attached hydrogen (secondary N) is 3. The van der Waals surface area contributed by atoms with Gasteiger partial charge in [-0.1, -0.05) is 28.2 Å². The van der Waals surface area contributed by atoms with Gasteiger partial charge in [0.15, 0.2) is 0 Å². The van der Waals surface area contributed by atoms with E-state index in [1.54, 1.807) is 28.5 Å². The van der Waals surface area contributed by atoms with E-state index in [-0.39, 0.29) is 37.1 Å². The van der Waals surface area contributed by atoms with Gasteiger partial charge in [-0.25, -0.2) is 0 Å². The van der Waals surface area contributed by atoms with Crippen molar-refractivity contribution >= 4 is 51.1 Å². The van der Waals surface area contributed by atoms with Crippen molar-refractivity contribution < 1.29 is 42.9 Å². The molecule has 0 spiro atoms. The Morgan fingerprint density at radius 2 is 1.17 bits per heavy atom. The van der Waals surface area contributed by atoms with E-state index in [9.17, 15) is 24.0 Å². The Bertz CT molecular complexity index is 856. The molecular weight excluding hydrogens is 576 g/mol. The van der Waals surface area contributed by atoms with E-state index in [1.807, 2.05) is 0 Å². The lowest BCUT2D eigenvalue weighted by Gasteiger charge is -2.13. The van der Waals surface area contributed by atoms with Crippen molar-refractivity contribution in [3.63, 3.8) is 0 Å². The van der Waals surface area contributed by atoms with Crippen molar-refractivity contribution in [3.05, 3.63) is 24.3 Å². The van der Waals surface area contributed by atoms with E-state index in [0.717, 1.165) is 16.4 Å². The normalized spacial score (nSPS) is 12.6. The average molecular weight is 619 g/mol. The molecule has 0 aromatic carbocycles. The van der Waals surface area contributed by atoms with Crippen molar-refractivity contribution in [2.45, 2.75) is 19.8 Å². The summed E-state index contributed by atoms with van der Waals surface area (Å²) in [7, 11) is 3.28. The van der Waals surface area contributed by atoms with E-state index >= 15 is 0 Å². The van der Waals surface area contributed by atoms with E-state index < -0.39 is 11.8 Å². The van der Waals surface area contributed by atoms with Gasteiger partial charge in [0.2, 0.25) is 17.7 Å². The molecule has 1 aliphatic heterocycles. The van der Waals surface area contributed by atoms with Gasteiger partial charge < -0.3 is 34.9 Å².